The van der Waals surface area contributed by atoms with Crippen LogP contribution in [0.5, 0.6) is 0 Å². The lowest BCUT2D eigenvalue weighted by Crippen LogP contribution is -2.51. The number of hydrogen-bond donors (Lipinski definition) is 3. The molecule has 3 saturated heterocycles. The average Bonchev–Trinajstić information content (AvgIpc) is 3.79. The highest BCUT2D eigenvalue weighted by molar-refractivity contribution is 6.05. The molecular formula is C45H52N12O5. The van der Waals surface area contributed by atoms with E-state index in [4.69, 9.17) is 4.52 Å². The molecule has 0 aliphatic carbocycles. The molecule has 17 nitrogen and oxygen atoms in total. The van der Waals surface area contributed by atoms with Crippen LogP contribution >= 0.6 is 0 Å². The Balaban J connectivity index is 0.796. The molecule has 0 unspecified atom stereocenters. The van der Waals surface area contributed by atoms with Gasteiger partial charge >= 0.3 is 17.8 Å². The van der Waals surface area contributed by atoms with Gasteiger partial charge in [0.05, 0.1) is 23.6 Å². The van der Waals surface area contributed by atoms with Crippen LogP contribution in [0.25, 0.3) is 11.3 Å². The van der Waals surface area contributed by atoms with E-state index in [1.807, 2.05) is 106 Å². The maximum Gasteiger partial charge on any atom is 0.328 e. The Morgan fingerprint density at radius 3 is 2.19 bits per heavy atom. The molecule has 0 bridgehead atoms. The molecule has 0 radical (unpaired) electrons. The van der Waals surface area contributed by atoms with Crippen molar-refractivity contribution < 1.29 is 23.7 Å². The second kappa shape index (κ2) is 17.6. The highest BCUT2D eigenvalue weighted by Gasteiger charge is 2.31. The number of nitrogens with one attached hydrogen (secondary N) is 3. The van der Waals surface area contributed by atoms with Crippen LogP contribution in [0, 0.1) is 12.8 Å². The van der Waals surface area contributed by atoms with Gasteiger partial charge in [-0.2, -0.15) is 4.98 Å². The van der Waals surface area contributed by atoms with Gasteiger partial charge in [-0.05, 0) is 80.3 Å². The van der Waals surface area contributed by atoms with Gasteiger partial charge in [0.1, 0.15) is 18.0 Å². The summed E-state index contributed by atoms with van der Waals surface area (Å²) in [4.78, 5) is 76.2. The Hall–Kier alpha value is -6.91. The average molecular weight is 841 g/mol. The number of imide groups is 1. The molecule has 2 aromatic carbocycles. The summed E-state index contributed by atoms with van der Waals surface area (Å²) in [7, 11) is 0. The normalized spacial score (nSPS) is 16.9. The van der Waals surface area contributed by atoms with Crippen molar-refractivity contribution in [1.82, 2.24) is 40.6 Å². The molecule has 3 aliphatic heterocycles. The summed E-state index contributed by atoms with van der Waals surface area (Å²) >= 11 is 0. The number of amides is 5. The number of urea groups is 1. The first-order chi connectivity index (χ1) is 29.8. The Kier molecular flexibility index (Phi) is 11.9. The fraction of sp³-hybridized carbons (Fsp3) is 0.400. The molecule has 6 heterocycles. The highest BCUT2D eigenvalue weighted by Crippen LogP contribution is 2.30. The van der Waals surface area contributed by atoms with E-state index in [9.17, 15) is 19.2 Å². The van der Waals surface area contributed by atoms with Crippen LogP contribution in [0.3, 0.4) is 0 Å². The third-order valence-corrected chi connectivity index (χ3v) is 11.7. The molecule has 5 aromatic rings. The van der Waals surface area contributed by atoms with Crippen molar-refractivity contribution in [2.75, 3.05) is 65.8 Å². The molecule has 3 aliphatic rings. The predicted molar refractivity (Wildman–Crippen MR) is 234 cm³/mol. The van der Waals surface area contributed by atoms with Gasteiger partial charge < -0.3 is 29.9 Å². The van der Waals surface area contributed by atoms with Gasteiger partial charge in [0.15, 0.2) is 5.82 Å². The topological polar surface area (TPSA) is 195 Å². The molecule has 322 valence electrons. The summed E-state index contributed by atoms with van der Waals surface area (Å²) in [5.41, 5.74) is 6.06. The van der Waals surface area contributed by atoms with Crippen molar-refractivity contribution >= 4 is 52.5 Å². The molecule has 62 heavy (non-hydrogen) atoms. The Morgan fingerprint density at radius 2 is 1.53 bits per heavy atom. The number of aromatic nitrogens is 5. The summed E-state index contributed by atoms with van der Waals surface area (Å²) in [6.45, 7) is 14.5. The summed E-state index contributed by atoms with van der Waals surface area (Å²) in [6, 6.07) is 19.0. The SMILES string of the molecule is Cc1cc(-c2cc(Nc3ccc(N4CCN(C(=O)C5CCN(c6ccc(N7CCC(=O)NC7=O)cc6)CC5)CC4)cn3)ncn2)ccc1[C@@H](C)NC(=O)c1nc(C(C)(C)C)no1. The van der Waals surface area contributed by atoms with Crippen molar-refractivity contribution in [1.29, 1.82) is 0 Å². The summed E-state index contributed by atoms with van der Waals surface area (Å²) in [5.74, 6) is 1.22. The zero-order chi connectivity index (χ0) is 43.5. The van der Waals surface area contributed by atoms with E-state index >= 15 is 0 Å². The number of aryl methyl sites for hydroxylation is 1. The second-order valence-electron chi connectivity index (χ2n) is 17.1. The van der Waals surface area contributed by atoms with Crippen molar-refractivity contribution in [3.63, 3.8) is 0 Å². The van der Waals surface area contributed by atoms with E-state index in [-0.39, 0.29) is 41.5 Å². The molecule has 3 N–H and O–H groups in total. The van der Waals surface area contributed by atoms with E-state index in [2.05, 4.69) is 50.8 Å². The Labute approximate surface area is 360 Å². The van der Waals surface area contributed by atoms with Crippen molar-refractivity contribution in [3.05, 3.63) is 96.0 Å². The number of anilines is 5. The third-order valence-electron chi connectivity index (χ3n) is 11.7. The first kappa shape index (κ1) is 41.8. The number of nitrogens with zero attached hydrogens (tertiary/aromatic N) is 9. The number of hydrogen-bond acceptors (Lipinski definition) is 13. The van der Waals surface area contributed by atoms with Crippen molar-refractivity contribution in [3.8, 4) is 11.3 Å². The molecule has 1 atom stereocenters. The number of carbonyl (C=O) groups excluding carboxylic acids is 4. The van der Waals surface area contributed by atoms with Gasteiger partial charge in [0.2, 0.25) is 11.8 Å². The zero-order valence-electron chi connectivity index (χ0n) is 35.7. The number of rotatable bonds is 10. The summed E-state index contributed by atoms with van der Waals surface area (Å²) in [6.07, 6.45) is 5.23. The quantitative estimate of drug-likeness (QED) is 0.154. The second-order valence-corrected chi connectivity index (χ2v) is 17.1. The summed E-state index contributed by atoms with van der Waals surface area (Å²) in [5, 5.41) is 12.6. The minimum absolute atomic E-state index is 0.000708. The minimum atomic E-state index is -0.425. The lowest BCUT2D eigenvalue weighted by molar-refractivity contribution is -0.136. The van der Waals surface area contributed by atoms with E-state index in [0.717, 1.165) is 78.5 Å². The number of pyridine rings is 1. The molecule has 3 aromatic heterocycles. The highest BCUT2D eigenvalue weighted by atomic mass is 16.5. The van der Waals surface area contributed by atoms with Gasteiger partial charge in [0.25, 0.3) is 0 Å². The maximum atomic E-state index is 13.6. The van der Waals surface area contributed by atoms with E-state index in [1.54, 1.807) is 4.90 Å². The smallest absolute Gasteiger partial charge is 0.328 e. The predicted octanol–water partition coefficient (Wildman–Crippen LogP) is 5.77. The van der Waals surface area contributed by atoms with E-state index in [0.29, 0.717) is 37.1 Å². The third kappa shape index (κ3) is 9.36. The molecule has 8 rings (SSSR count). The number of carbonyl (C=O) groups is 4. The van der Waals surface area contributed by atoms with Gasteiger partial charge in [0, 0.05) is 86.6 Å². The fourth-order valence-electron chi connectivity index (χ4n) is 8.12. The monoisotopic (exact) mass is 840 g/mol. The molecular weight excluding hydrogens is 789 g/mol. The maximum absolute atomic E-state index is 13.6. The minimum Gasteiger partial charge on any atom is -0.371 e. The molecule has 0 saturated carbocycles. The van der Waals surface area contributed by atoms with E-state index in [1.165, 1.54) is 6.33 Å². The van der Waals surface area contributed by atoms with Crippen LogP contribution in [0.1, 0.15) is 80.6 Å². The van der Waals surface area contributed by atoms with E-state index < -0.39 is 11.9 Å². The lowest BCUT2D eigenvalue weighted by Gasteiger charge is -2.39. The van der Waals surface area contributed by atoms with Crippen LogP contribution in [-0.2, 0) is 15.0 Å². The molecule has 5 amide bonds. The zero-order valence-corrected chi connectivity index (χ0v) is 35.7. The standard InChI is InChI=1S/C45H52N12O5/c1-28-24-31(6-12-35(28)29(2)49-40(59)41-52-43(53-62-41)45(3,4)5)36-25-38(48-27-47-36)50-37-13-11-34(26-46-37)55-20-22-56(23-21-55)42(60)30-14-17-54(18-15-30)32-7-9-33(10-8-32)57-19-16-39(58)51-44(57)61/h6-13,24-27,29-30H,14-23H2,1-5H3,(H,49,59)(H,51,58,61)(H,46,47,48,50)/t29-/m1/s1. The van der Waals surface area contributed by atoms with Crippen LogP contribution in [-0.4, -0.2) is 99.6 Å². The van der Waals surface area contributed by atoms with Crippen LogP contribution in [0.2, 0.25) is 0 Å². The fourth-order valence-corrected chi connectivity index (χ4v) is 8.12. The van der Waals surface area contributed by atoms with Gasteiger partial charge in [-0.3, -0.25) is 24.6 Å². The van der Waals surface area contributed by atoms with Crippen molar-refractivity contribution in [2.24, 2.45) is 5.92 Å². The van der Waals surface area contributed by atoms with Gasteiger partial charge in [-0.15, -0.1) is 0 Å². The van der Waals surface area contributed by atoms with Gasteiger partial charge in [-0.1, -0.05) is 38.1 Å². The van der Waals surface area contributed by atoms with Crippen LogP contribution in [0.4, 0.5) is 33.5 Å². The largest absolute Gasteiger partial charge is 0.371 e. The number of benzene rings is 2. The first-order valence-corrected chi connectivity index (χ1v) is 21.1. The lowest BCUT2D eigenvalue weighted by atomic mass is 9.94. The Bertz CT molecular complexity index is 2430. The number of piperazine rings is 1. The molecule has 0 spiro atoms. The summed E-state index contributed by atoms with van der Waals surface area (Å²) < 4.78 is 5.22. The number of piperidine rings is 1. The Morgan fingerprint density at radius 1 is 0.823 bits per heavy atom. The first-order valence-electron chi connectivity index (χ1n) is 21.1. The molecule has 17 heteroatoms. The molecule has 3 fully saturated rings. The van der Waals surface area contributed by atoms with Crippen molar-refractivity contribution in [2.45, 2.75) is 65.3 Å². The van der Waals surface area contributed by atoms with Crippen LogP contribution < -0.4 is 30.7 Å². The van der Waals surface area contributed by atoms with Crippen LogP contribution in [0.15, 0.2) is 77.7 Å². The van der Waals surface area contributed by atoms with Gasteiger partial charge in [-0.25, -0.2) is 19.7 Å².